The summed E-state index contributed by atoms with van der Waals surface area (Å²) in [6.45, 7) is 21.1. The van der Waals surface area contributed by atoms with Gasteiger partial charge < -0.3 is 14.4 Å². The number of rotatable bonds is 16. The summed E-state index contributed by atoms with van der Waals surface area (Å²) in [5, 5.41) is 6.02. The molecule has 0 N–H and O–H groups in total. The zero-order valence-electron chi connectivity index (χ0n) is 31.0. The van der Waals surface area contributed by atoms with E-state index in [9.17, 15) is 4.79 Å². The smallest absolute Gasteiger partial charge is 0.318 e. The van der Waals surface area contributed by atoms with E-state index in [4.69, 9.17) is 24.5 Å². The molecule has 2 unspecified atom stereocenters. The van der Waals surface area contributed by atoms with Gasteiger partial charge in [0.25, 0.3) is 0 Å². The minimum absolute atomic E-state index is 0.0267. The predicted molar refractivity (Wildman–Crippen MR) is 204 cm³/mol. The minimum Gasteiger partial charge on any atom is -0.463 e. The molecule has 2 aromatic heterocycles. The van der Waals surface area contributed by atoms with Crippen LogP contribution in [0.15, 0.2) is 42.6 Å². The van der Waals surface area contributed by atoms with Crippen molar-refractivity contribution in [3.8, 4) is 6.01 Å². The molecule has 266 valence electrons. The van der Waals surface area contributed by atoms with Gasteiger partial charge in [-0.15, -0.1) is 0 Å². The van der Waals surface area contributed by atoms with E-state index < -0.39 is 8.07 Å². The Hall–Kier alpha value is -3.30. The highest BCUT2D eigenvalue weighted by molar-refractivity contribution is 6.76. The Kier molecular flexibility index (Phi) is 12.9. The van der Waals surface area contributed by atoms with E-state index >= 15 is 0 Å². The summed E-state index contributed by atoms with van der Waals surface area (Å²) in [4.78, 5) is 25.0. The lowest BCUT2D eigenvalue weighted by atomic mass is 9.86. The fourth-order valence-electron chi connectivity index (χ4n) is 7.51. The molecular formula is C40H59N5O3Si. The predicted octanol–water partition coefficient (Wildman–Crippen LogP) is 8.99. The number of ketones is 1. The van der Waals surface area contributed by atoms with Crippen molar-refractivity contribution in [2.45, 2.75) is 123 Å². The van der Waals surface area contributed by atoms with Gasteiger partial charge in [0.05, 0.1) is 24.0 Å². The van der Waals surface area contributed by atoms with Gasteiger partial charge in [-0.05, 0) is 98.6 Å². The molecule has 1 aliphatic carbocycles. The summed E-state index contributed by atoms with van der Waals surface area (Å²) in [5.74, 6) is 2.05. The highest BCUT2D eigenvalue weighted by Gasteiger charge is 2.28. The zero-order chi connectivity index (χ0) is 35.0. The molecule has 2 atom stereocenters. The molecular weight excluding hydrogens is 627 g/mol. The highest BCUT2D eigenvalue weighted by atomic mass is 28.3. The third-order valence-corrected chi connectivity index (χ3v) is 12.2. The molecule has 0 radical (unpaired) electrons. The number of anilines is 1. The third kappa shape index (κ3) is 9.48. The first-order chi connectivity index (χ1) is 23.6. The fraction of sp³-hybridized carbons (Fsp3) is 0.600. The quantitative estimate of drug-likeness (QED) is 0.0644. The molecule has 49 heavy (non-hydrogen) atoms. The first-order valence-electron chi connectivity index (χ1n) is 18.8. The van der Waals surface area contributed by atoms with Crippen LogP contribution in [0.25, 0.3) is 10.9 Å². The molecule has 5 rings (SSSR count). The van der Waals surface area contributed by atoms with E-state index in [-0.39, 0.29) is 5.78 Å². The van der Waals surface area contributed by atoms with Crippen molar-refractivity contribution in [2.75, 3.05) is 31.2 Å². The Labute approximate surface area is 295 Å². The van der Waals surface area contributed by atoms with Crippen molar-refractivity contribution in [3.63, 3.8) is 0 Å². The lowest BCUT2D eigenvalue weighted by Gasteiger charge is -2.26. The first kappa shape index (κ1) is 37.0. The lowest BCUT2D eigenvalue weighted by Crippen LogP contribution is -2.28. The molecule has 3 aromatic rings. The maximum Gasteiger partial charge on any atom is 0.318 e. The maximum absolute atomic E-state index is 12.5. The van der Waals surface area contributed by atoms with Gasteiger partial charge in [-0.1, -0.05) is 71.5 Å². The maximum atomic E-state index is 12.5. The second-order valence-corrected chi connectivity index (χ2v) is 20.9. The average Bonchev–Trinajstić information content (AvgIpc) is 3.21. The highest BCUT2D eigenvalue weighted by Crippen LogP contribution is 2.40. The summed E-state index contributed by atoms with van der Waals surface area (Å²) in [6, 6.07) is 6.09. The summed E-state index contributed by atoms with van der Waals surface area (Å²) >= 11 is 0. The van der Waals surface area contributed by atoms with E-state index in [2.05, 4.69) is 70.1 Å². The first-order valence-corrected chi connectivity index (χ1v) is 22.5. The Morgan fingerprint density at radius 1 is 1.08 bits per heavy atom. The Morgan fingerprint density at radius 2 is 1.90 bits per heavy atom. The van der Waals surface area contributed by atoms with E-state index in [1.165, 1.54) is 41.0 Å². The van der Waals surface area contributed by atoms with Crippen LogP contribution in [0.2, 0.25) is 25.7 Å². The zero-order valence-corrected chi connectivity index (χ0v) is 32.0. The van der Waals surface area contributed by atoms with Crippen molar-refractivity contribution in [2.24, 2.45) is 5.92 Å². The Bertz CT molecular complexity index is 1620. The minimum atomic E-state index is -1.15. The van der Waals surface area contributed by atoms with Crippen LogP contribution in [0.4, 0.5) is 5.82 Å². The fourth-order valence-corrected chi connectivity index (χ4v) is 8.27. The molecule has 1 aromatic carbocycles. The Balaban J connectivity index is 1.39. The number of carbonyl (C=O) groups excluding carboxylic acids is 1. The molecule has 2 aliphatic rings. The number of hydrogen-bond donors (Lipinski definition) is 0. The molecule has 0 saturated heterocycles. The van der Waals surface area contributed by atoms with Gasteiger partial charge in [0, 0.05) is 38.7 Å². The van der Waals surface area contributed by atoms with E-state index in [0.717, 1.165) is 93.3 Å². The van der Waals surface area contributed by atoms with E-state index in [1.807, 2.05) is 10.9 Å². The van der Waals surface area contributed by atoms with Gasteiger partial charge >= 0.3 is 6.01 Å². The van der Waals surface area contributed by atoms with Crippen LogP contribution in [0.1, 0.15) is 93.5 Å². The Morgan fingerprint density at radius 3 is 2.65 bits per heavy atom. The third-order valence-electron chi connectivity index (χ3n) is 10.5. The van der Waals surface area contributed by atoms with E-state index in [0.29, 0.717) is 37.6 Å². The normalized spacial score (nSPS) is 17.6. The summed E-state index contributed by atoms with van der Waals surface area (Å²) in [5.41, 5.74) is 7.05. The second kappa shape index (κ2) is 17.1. The number of benzene rings is 1. The molecule has 1 aliphatic heterocycles. The summed E-state index contributed by atoms with van der Waals surface area (Å²) < 4.78 is 14.4. The van der Waals surface area contributed by atoms with Crippen LogP contribution in [-0.4, -0.2) is 59.9 Å². The van der Waals surface area contributed by atoms with Crippen LogP contribution in [0, 0.1) is 12.8 Å². The summed E-state index contributed by atoms with van der Waals surface area (Å²) in [7, 11) is -1.15. The van der Waals surface area contributed by atoms with Gasteiger partial charge in [0.1, 0.15) is 12.5 Å². The number of allylic oxidation sites excluding steroid dienone is 1. The number of aryl methyl sites for hydroxylation is 2. The molecule has 0 amide bonds. The number of hydrogen-bond acceptors (Lipinski definition) is 7. The largest absolute Gasteiger partial charge is 0.463 e. The monoisotopic (exact) mass is 685 g/mol. The van der Waals surface area contributed by atoms with Gasteiger partial charge in [-0.3, -0.25) is 4.79 Å². The van der Waals surface area contributed by atoms with Crippen molar-refractivity contribution in [3.05, 3.63) is 65.0 Å². The number of fused-ring (bicyclic) bond motifs is 2. The van der Waals surface area contributed by atoms with Gasteiger partial charge in [0.2, 0.25) is 0 Å². The topological polar surface area (TPSA) is 82.4 Å². The number of carbonyl (C=O) groups is 1. The van der Waals surface area contributed by atoms with Crippen molar-refractivity contribution in [1.29, 1.82) is 0 Å². The van der Waals surface area contributed by atoms with Gasteiger partial charge in [-0.25, -0.2) is 4.68 Å². The van der Waals surface area contributed by atoms with Crippen LogP contribution in [-0.2, 0) is 29.1 Å². The van der Waals surface area contributed by atoms with Crippen LogP contribution >= 0.6 is 0 Å². The molecule has 9 heteroatoms. The molecule has 0 fully saturated rings. The SMILES string of the molecule is C=CC(=O)C1=CCCN(c2nc(OCCC(CC)CCC)nc3c2CCC(c2c(C)ccc4c2cnn4COCC[Si](C)(C)C)CC3)CC1. The standard InChI is InChI=1S/C40H59N5O3Si/c1-8-12-30(9-2)21-24-48-40-42-35-18-16-32(15-17-33(35)39(43-40)44-22-11-13-31(20-23-44)37(46)10-3)38-29(4)14-19-36-34(38)27-41-45(36)28-47-25-26-49(5,6)7/h10,13-14,19,27,30,32H,3,8-9,11-12,15-18,20-26,28H2,1-2,4-7H3. The van der Waals surface area contributed by atoms with Crippen molar-refractivity contribution >= 4 is 30.6 Å². The van der Waals surface area contributed by atoms with Crippen LogP contribution in [0.3, 0.4) is 0 Å². The average molecular weight is 686 g/mol. The summed E-state index contributed by atoms with van der Waals surface area (Å²) in [6.07, 6.45) is 15.4. The molecule has 0 spiro atoms. The van der Waals surface area contributed by atoms with Crippen molar-refractivity contribution in [1.82, 2.24) is 19.7 Å². The number of nitrogens with zero attached hydrogens (tertiary/aromatic N) is 5. The lowest BCUT2D eigenvalue weighted by molar-refractivity contribution is -0.111. The van der Waals surface area contributed by atoms with Crippen LogP contribution in [0.5, 0.6) is 6.01 Å². The van der Waals surface area contributed by atoms with Gasteiger partial charge in [0.15, 0.2) is 5.78 Å². The molecule has 8 nitrogen and oxygen atoms in total. The number of ether oxygens (including phenoxy) is 2. The molecule has 0 saturated carbocycles. The van der Waals surface area contributed by atoms with Crippen LogP contribution < -0.4 is 9.64 Å². The van der Waals surface area contributed by atoms with Gasteiger partial charge in [-0.2, -0.15) is 15.1 Å². The molecule has 0 bridgehead atoms. The number of aromatic nitrogens is 4. The van der Waals surface area contributed by atoms with E-state index in [1.54, 1.807) is 0 Å². The molecule has 3 heterocycles. The van der Waals surface area contributed by atoms with Crippen molar-refractivity contribution < 1.29 is 14.3 Å². The second-order valence-electron chi connectivity index (χ2n) is 15.3.